The van der Waals surface area contributed by atoms with E-state index in [1.165, 1.54) is 62.8 Å². The molecule has 0 unspecified atom stereocenters. The molecule has 1 aliphatic rings. The van der Waals surface area contributed by atoms with Gasteiger partial charge < -0.3 is 16.3 Å². The first kappa shape index (κ1) is 13.4. The minimum absolute atomic E-state index is 1.36. The molecule has 0 aromatic heterocycles. The molecule has 1 saturated heterocycles. The van der Waals surface area contributed by atoms with Crippen LogP contribution in [-0.4, -0.2) is 30.7 Å². The number of nitrogens with zero attached hydrogens (tertiary/aromatic N) is 2. The molecule has 0 bridgehead atoms. The molecule has 0 aromatic rings. The van der Waals surface area contributed by atoms with E-state index in [1.54, 1.807) is 0 Å². The largest absolute Gasteiger partial charge is 0.512 e. The highest BCUT2D eigenvalue weighted by molar-refractivity contribution is 4.53. The minimum atomic E-state index is 1.36. The lowest BCUT2D eigenvalue weighted by Crippen LogP contribution is -2.52. The normalized spacial score (nSPS) is 19.4. The van der Waals surface area contributed by atoms with E-state index in [0.717, 1.165) is 0 Å². The van der Waals surface area contributed by atoms with Gasteiger partial charge in [-0.3, -0.25) is 0 Å². The first-order valence-corrected chi connectivity index (χ1v) is 5.90. The van der Waals surface area contributed by atoms with Crippen LogP contribution in [0.1, 0.15) is 46.0 Å². The zero-order chi connectivity index (χ0) is 10.9. The van der Waals surface area contributed by atoms with Crippen LogP contribution in [0.4, 0.5) is 0 Å². The summed E-state index contributed by atoms with van der Waals surface area (Å²) in [5.41, 5.74) is 0. The molecule has 14 heavy (non-hydrogen) atoms. The molecule has 0 atom stereocenters. The van der Waals surface area contributed by atoms with Gasteiger partial charge in [-0.05, 0) is 32.1 Å². The Labute approximate surface area is 89.1 Å². The van der Waals surface area contributed by atoms with Crippen LogP contribution in [0.15, 0.2) is 0 Å². The molecule has 1 fully saturated rings. The highest BCUT2D eigenvalue weighted by atomic mass is 15.3. The molecule has 2 nitrogen and oxygen atoms in total. The van der Waals surface area contributed by atoms with Crippen molar-refractivity contribution in [2.24, 2.45) is 0 Å². The van der Waals surface area contributed by atoms with Gasteiger partial charge in [-0.25, -0.2) is 0 Å². The van der Waals surface area contributed by atoms with Gasteiger partial charge in [-0.1, -0.05) is 13.8 Å². The number of quaternary nitrogens is 1. The lowest BCUT2D eigenvalue weighted by atomic mass is 10.1. The van der Waals surface area contributed by atoms with Gasteiger partial charge >= 0.3 is 0 Å². The molecule has 1 heterocycles. The Morgan fingerprint density at radius 3 is 1.71 bits per heavy atom. The summed E-state index contributed by atoms with van der Waals surface area (Å²) in [7, 11) is 0. The van der Waals surface area contributed by atoms with Crippen LogP contribution in [0.25, 0.3) is 0 Å². The summed E-state index contributed by atoms with van der Waals surface area (Å²) in [5.74, 6) is 0. The molecule has 0 saturated carbocycles. The van der Waals surface area contributed by atoms with E-state index in [0.29, 0.717) is 0 Å². The predicted molar refractivity (Wildman–Crippen MR) is 59.1 cm³/mol. The van der Waals surface area contributed by atoms with Crippen molar-refractivity contribution in [2.75, 3.05) is 26.2 Å². The fraction of sp³-hybridized carbons (Fsp3) is 0.917. The van der Waals surface area contributed by atoms with Crippen LogP contribution in [-0.2, 0) is 0 Å². The topological polar surface area (TPSA) is 23.8 Å². The van der Waals surface area contributed by atoms with Gasteiger partial charge in [0, 0.05) is 0 Å². The minimum Gasteiger partial charge on any atom is -0.512 e. The van der Waals surface area contributed by atoms with Crippen LogP contribution in [0.5, 0.6) is 0 Å². The first-order valence-electron chi connectivity index (χ1n) is 5.90. The van der Waals surface area contributed by atoms with Crippen molar-refractivity contribution in [3.05, 3.63) is 6.57 Å². The average molecular weight is 196 g/mol. The van der Waals surface area contributed by atoms with E-state index in [9.17, 15) is 0 Å². The Hall–Kier alpha value is -0.550. The lowest BCUT2D eigenvalue weighted by molar-refractivity contribution is -0.932. The Morgan fingerprint density at radius 2 is 1.36 bits per heavy atom. The third-order valence-electron chi connectivity index (χ3n) is 3.16. The van der Waals surface area contributed by atoms with Crippen molar-refractivity contribution >= 4 is 0 Å². The van der Waals surface area contributed by atoms with Gasteiger partial charge in [0.1, 0.15) is 0 Å². The van der Waals surface area contributed by atoms with Crippen molar-refractivity contribution in [1.29, 1.82) is 5.26 Å². The molecule has 2 heteroatoms. The number of hydrogen-bond acceptors (Lipinski definition) is 1. The van der Waals surface area contributed by atoms with Crippen LogP contribution in [0.2, 0.25) is 0 Å². The highest BCUT2D eigenvalue weighted by Gasteiger charge is 2.27. The Bertz CT molecular complexity index is 130. The molecule has 0 amide bonds. The van der Waals surface area contributed by atoms with Crippen molar-refractivity contribution in [2.45, 2.75) is 46.0 Å². The number of rotatable bonds is 4. The lowest BCUT2D eigenvalue weighted by Gasteiger charge is -2.41. The van der Waals surface area contributed by atoms with Gasteiger partial charge in [0.2, 0.25) is 0 Å². The summed E-state index contributed by atoms with van der Waals surface area (Å²) in [5, 5.41) is 6.25. The summed E-state index contributed by atoms with van der Waals surface area (Å²) in [6, 6.07) is 0. The summed E-state index contributed by atoms with van der Waals surface area (Å²) >= 11 is 0. The molecule has 0 radical (unpaired) electrons. The number of piperidine rings is 1. The fourth-order valence-electron chi connectivity index (χ4n) is 2.69. The first-order chi connectivity index (χ1) is 6.83. The van der Waals surface area contributed by atoms with Crippen LogP contribution in [0, 0.1) is 11.8 Å². The van der Waals surface area contributed by atoms with Gasteiger partial charge in [0.25, 0.3) is 0 Å². The smallest absolute Gasteiger partial charge is 0.0786 e. The Morgan fingerprint density at radius 1 is 0.929 bits per heavy atom. The fourth-order valence-corrected chi connectivity index (χ4v) is 2.69. The van der Waals surface area contributed by atoms with Crippen molar-refractivity contribution in [3.63, 3.8) is 0 Å². The standard InChI is InChI=1S/C11H24N.CN/c1-3-8-12(9-4-2)10-6-5-7-11-12;1-2/h3-11H2,1-2H3;/q+1;-1. The van der Waals surface area contributed by atoms with E-state index < -0.39 is 0 Å². The molecule has 0 aromatic carbocycles. The zero-order valence-electron chi connectivity index (χ0n) is 9.76. The summed E-state index contributed by atoms with van der Waals surface area (Å²) in [6.45, 7) is 15.2. The maximum Gasteiger partial charge on any atom is 0.0786 e. The highest BCUT2D eigenvalue weighted by Crippen LogP contribution is 2.19. The third kappa shape index (κ3) is 4.11. The van der Waals surface area contributed by atoms with Crippen LogP contribution in [0.3, 0.4) is 0 Å². The molecular formula is C12H24N2. The SMILES string of the molecule is CCC[N+]1(CCC)CCCCC1.[C-]#N. The van der Waals surface area contributed by atoms with E-state index in [-0.39, 0.29) is 0 Å². The third-order valence-corrected chi connectivity index (χ3v) is 3.16. The monoisotopic (exact) mass is 196 g/mol. The Kier molecular flexibility index (Phi) is 7.51. The number of likely N-dealkylation sites (tertiary alicyclic amines) is 1. The number of hydrogen-bond donors (Lipinski definition) is 0. The molecular weight excluding hydrogens is 172 g/mol. The van der Waals surface area contributed by atoms with Gasteiger partial charge in [0.15, 0.2) is 0 Å². The molecule has 0 N–H and O–H groups in total. The van der Waals surface area contributed by atoms with Crippen molar-refractivity contribution in [3.8, 4) is 0 Å². The second kappa shape index (κ2) is 7.82. The van der Waals surface area contributed by atoms with Gasteiger partial charge in [-0.15, -0.1) is 0 Å². The Balaban J connectivity index is 0.000000791. The second-order valence-electron chi connectivity index (χ2n) is 4.30. The van der Waals surface area contributed by atoms with E-state index in [4.69, 9.17) is 11.8 Å². The van der Waals surface area contributed by atoms with Crippen molar-refractivity contribution in [1.82, 2.24) is 0 Å². The molecule has 0 aliphatic carbocycles. The predicted octanol–water partition coefficient (Wildman–Crippen LogP) is 2.90. The maximum absolute atomic E-state index is 6.25. The van der Waals surface area contributed by atoms with E-state index >= 15 is 0 Å². The summed E-state index contributed by atoms with van der Waals surface area (Å²) in [6.07, 6.45) is 7.15. The second-order valence-corrected chi connectivity index (χ2v) is 4.30. The molecule has 1 rings (SSSR count). The zero-order valence-corrected chi connectivity index (χ0v) is 9.76. The molecule has 0 spiro atoms. The van der Waals surface area contributed by atoms with Crippen molar-refractivity contribution < 1.29 is 4.48 Å². The van der Waals surface area contributed by atoms with Gasteiger partial charge in [0.05, 0.1) is 26.2 Å². The summed E-state index contributed by atoms with van der Waals surface area (Å²) in [4.78, 5) is 0. The van der Waals surface area contributed by atoms with Crippen LogP contribution >= 0.6 is 0 Å². The average Bonchev–Trinajstić information content (AvgIpc) is 2.23. The van der Waals surface area contributed by atoms with Crippen LogP contribution < -0.4 is 0 Å². The van der Waals surface area contributed by atoms with Gasteiger partial charge in [-0.2, -0.15) is 0 Å². The quantitative estimate of drug-likeness (QED) is 0.501. The molecule has 1 aliphatic heterocycles. The van der Waals surface area contributed by atoms with E-state index in [1.807, 2.05) is 0 Å². The summed E-state index contributed by atoms with van der Waals surface area (Å²) < 4.78 is 1.44. The maximum atomic E-state index is 6.25. The van der Waals surface area contributed by atoms with E-state index in [2.05, 4.69) is 13.8 Å². The molecule has 82 valence electrons.